The zero-order chi connectivity index (χ0) is 19.3. The van der Waals surface area contributed by atoms with Gasteiger partial charge in [-0.25, -0.2) is 4.39 Å². The summed E-state index contributed by atoms with van der Waals surface area (Å²) in [6.45, 7) is 2.34. The maximum atomic E-state index is 14.1. The first-order valence-electron chi connectivity index (χ1n) is 8.52. The maximum absolute atomic E-state index is 14.1. The molecule has 3 aromatic rings. The van der Waals surface area contributed by atoms with Crippen LogP contribution < -0.4 is 5.11 Å². The van der Waals surface area contributed by atoms with Crippen LogP contribution in [-0.4, -0.2) is 10.5 Å². The predicted octanol–water partition coefficient (Wildman–Crippen LogP) is 5.22. The molecule has 2 unspecified atom stereocenters. The summed E-state index contributed by atoms with van der Waals surface area (Å²) in [5.74, 6) is -2.18. The molecule has 2 heterocycles. The molecule has 1 aromatic heterocycles. The number of carboxylic acid groups (broad SMARTS) is 1. The molecule has 27 heavy (non-hydrogen) atoms. The average molecular weight is 468 g/mol. The number of carboxylic acids is 1. The summed E-state index contributed by atoms with van der Waals surface area (Å²) in [7, 11) is 0. The molecule has 0 amide bonds. The number of halogens is 3. The molecule has 0 spiro atoms. The Morgan fingerprint density at radius 3 is 2.74 bits per heavy atom. The summed E-state index contributed by atoms with van der Waals surface area (Å²) in [5.41, 5.74) is 1.72. The Balaban J connectivity index is 1.94. The van der Waals surface area contributed by atoms with Gasteiger partial charge in [-0.3, -0.25) is 0 Å². The summed E-state index contributed by atoms with van der Waals surface area (Å²) in [5, 5.41) is 13.1. The van der Waals surface area contributed by atoms with Crippen LogP contribution in [0.15, 0.2) is 50.7 Å². The van der Waals surface area contributed by atoms with E-state index in [2.05, 4.69) is 15.9 Å². The Labute approximate surface area is 173 Å². The van der Waals surface area contributed by atoms with Crippen molar-refractivity contribution in [3.63, 3.8) is 0 Å². The Hall–Kier alpha value is -1.50. The number of fused-ring (bicyclic) bond motifs is 3. The standard InChI is InChI=1S/C20H16BrClFNO2S/c1-10(20(25)26)14-6-7-24-16-9-12(23)8-15(21)17(16)19(18(14)24)27-13-4-2-11(22)3-5-13/h2-5,8-10,14H,6-7H2,1H3,(H,25,26)/p-1. The normalized spacial score (nSPS) is 17.3. The molecule has 0 N–H and O–H groups in total. The van der Waals surface area contributed by atoms with Gasteiger partial charge in [0.05, 0.1) is 5.52 Å². The van der Waals surface area contributed by atoms with Gasteiger partial charge in [0.1, 0.15) is 5.82 Å². The second kappa shape index (κ2) is 7.15. The number of carbonyl (C=O) groups is 1. The number of hydrogen-bond acceptors (Lipinski definition) is 3. The molecule has 0 saturated carbocycles. The molecule has 7 heteroatoms. The van der Waals surface area contributed by atoms with Crippen molar-refractivity contribution in [2.75, 3.05) is 0 Å². The fourth-order valence-electron chi connectivity index (χ4n) is 3.77. The molecule has 0 radical (unpaired) electrons. The van der Waals surface area contributed by atoms with E-state index in [-0.39, 0.29) is 11.7 Å². The van der Waals surface area contributed by atoms with Crippen molar-refractivity contribution in [1.82, 2.24) is 4.57 Å². The van der Waals surface area contributed by atoms with Gasteiger partial charge in [0.15, 0.2) is 0 Å². The third-order valence-corrected chi connectivity index (χ3v) is 7.10. The first kappa shape index (κ1) is 18.8. The summed E-state index contributed by atoms with van der Waals surface area (Å²) in [6, 6.07) is 10.4. The average Bonchev–Trinajstić information content (AvgIpc) is 3.16. The number of aryl methyl sites for hydroxylation is 1. The number of carbonyl (C=O) groups excluding carboxylic acids is 1. The van der Waals surface area contributed by atoms with E-state index in [0.717, 1.165) is 26.4 Å². The van der Waals surface area contributed by atoms with Gasteiger partial charge in [-0.1, -0.05) is 30.3 Å². The summed E-state index contributed by atoms with van der Waals surface area (Å²) in [4.78, 5) is 13.5. The van der Waals surface area contributed by atoms with Gasteiger partial charge < -0.3 is 14.5 Å². The monoisotopic (exact) mass is 466 g/mol. The quantitative estimate of drug-likeness (QED) is 0.528. The predicted molar refractivity (Wildman–Crippen MR) is 107 cm³/mol. The second-order valence-electron chi connectivity index (χ2n) is 6.71. The topological polar surface area (TPSA) is 45.1 Å². The number of rotatable bonds is 4. The van der Waals surface area contributed by atoms with E-state index in [1.165, 1.54) is 12.1 Å². The fourth-order valence-corrected chi connectivity index (χ4v) is 5.84. The lowest BCUT2D eigenvalue weighted by Crippen LogP contribution is -2.32. The molecule has 0 saturated heterocycles. The minimum atomic E-state index is -1.06. The van der Waals surface area contributed by atoms with Crippen molar-refractivity contribution in [1.29, 1.82) is 0 Å². The molecule has 3 nitrogen and oxygen atoms in total. The van der Waals surface area contributed by atoms with Crippen molar-refractivity contribution in [3.05, 3.63) is 57.4 Å². The zero-order valence-corrected chi connectivity index (χ0v) is 17.5. The third-order valence-electron chi connectivity index (χ3n) is 5.10. The summed E-state index contributed by atoms with van der Waals surface area (Å²) < 4.78 is 16.8. The maximum Gasteiger partial charge on any atom is 0.126 e. The molecule has 0 bridgehead atoms. The molecule has 1 aliphatic heterocycles. The molecular formula is C20H15BrClFNO2S-. The van der Waals surface area contributed by atoms with Gasteiger partial charge in [0.25, 0.3) is 0 Å². The van der Waals surface area contributed by atoms with E-state index in [9.17, 15) is 14.3 Å². The Bertz CT molecular complexity index is 1050. The van der Waals surface area contributed by atoms with Gasteiger partial charge in [0, 0.05) is 54.7 Å². The molecule has 2 atom stereocenters. The van der Waals surface area contributed by atoms with E-state index in [0.29, 0.717) is 22.5 Å². The van der Waals surface area contributed by atoms with Crippen molar-refractivity contribution in [2.24, 2.45) is 5.92 Å². The van der Waals surface area contributed by atoms with E-state index < -0.39 is 11.9 Å². The van der Waals surface area contributed by atoms with Crippen LogP contribution >= 0.6 is 39.3 Å². The molecule has 0 fully saturated rings. The lowest BCUT2D eigenvalue weighted by molar-refractivity contribution is -0.311. The number of benzene rings is 2. The zero-order valence-electron chi connectivity index (χ0n) is 14.3. The van der Waals surface area contributed by atoms with Crippen molar-refractivity contribution >= 4 is 56.2 Å². The van der Waals surface area contributed by atoms with E-state index >= 15 is 0 Å². The van der Waals surface area contributed by atoms with Crippen LogP contribution in [0.2, 0.25) is 5.02 Å². The number of aromatic nitrogens is 1. The van der Waals surface area contributed by atoms with E-state index in [1.807, 2.05) is 28.8 Å². The summed E-state index contributed by atoms with van der Waals surface area (Å²) in [6.07, 6.45) is 0.697. The highest BCUT2D eigenvalue weighted by atomic mass is 79.9. The highest BCUT2D eigenvalue weighted by molar-refractivity contribution is 9.10. The van der Waals surface area contributed by atoms with Gasteiger partial charge in [0.2, 0.25) is 0 Å². The van der Waals surface area contributed by atoms with Crippen LogP contribution in [0.25, 0.3) is 10.9 Å². The first-order valence-corrected chi connectivity index (χ1v) is 10.5. The smallest absolute Gasteiger partial charge is 0.126 e. The lowest BCUT2D eigenvalue weighted by Gasteiger charge is -2.21. The Morgan fingerprint density at radius 2 is 2.07 bits per heavy atom. The Kier molecular flexibility index (Phi) is 4.99. The first-order chi connectivity index (χ1) is 12.9. The van der Waals surface area contributed by atoms with Crippen molar-refractivity contribution in [3.8, 4) is 0 Å². The van der Waals surface area contributed by atoms with E-state index in [4.69, 9.17) is 11.6 Å². The minimum absolute atomic E-state index is 0.174. The van der Waals surface area contributed by atoms with Crippen LogP contribution in [-0.2, 0) is 11.3 Å². The van der Waals surface area contributed by atoms with Crippen LogP contribution in [0.5, 0.6) is 0 Å². The molecule has 140 valence electrons. The number of aliphatic carboxylic acids is 1. The molecule has 4 rings (SSSR count). The highest BCUT2D eigenvalue weighted by Gasteiger charge is 2.34. The largest absolute Gasteiger partial charge is 0.550 e. The van der Waals surface area contributed by atoms with Gasteiger partial charge in [-0.2, -0.15) is 0 Å². The molecule has 0 aliphatic carbocycles. The van der Waals surface area contributed by atoms with Gasteiger partial charge >= 0.3 is 0 Å². The number of nitrogens with zero attached hydrogens (tertiary/aromatic N) is 1. The molecule has 2 aromatic carbocycles. The van der Waals surface area contributed by atoms with Crippen molar-refractivity contribution < 1.29 is 14.3 Å². The van der Waals surface area contributed by atoms with Crippen LogP contribution in [0, 0.1) is 11.7 Å². The van der Waals surface area contributed by atoms with Crippen LogP contribution in [0.3, 0.4) is 0 Å². The SMILES string of the molecule is CC(C(=O)[O-])C1CCn2c1c(Sc1ccc(Cl)cc1)c1c(Br)cc(F)cc12. The van der Waals surface area contributed by atoms with Crippen LogP contribution in [0.4, 0.5) is 4.39 Å². The van der Waals surface area contributed by atoms with E-state index in [1.54, 1.807) is 18.7 Å². The molecule has 1 aliphatic rings. The fraction of sp³-hybridized carbons (Fsp3) is 0.250. The number of hydrogen-bond donors (Lipinski definition) is 0. The minimum Gasteiger partial charge on any atom is -0.550 e. The van der Waals surface area contributed by atoms with Crippen LogP contribution in [0.1, 0.15) is 25.0 Å². The Morgan fingerprint density at radius 1 is 1.37 bits per heavy atom. The second-order valence-corrected chi connectivity index (χ2v) is 9.08. The molecular weight excluding hydrogens is 453 g/mol. The summed E-state index contributed by atoms with van der Waals surface area (Å²) >= 11 is 11.0. The van der Waals surface area contributed by atoms with Gasteiger partial charge in [-0.15, -0.1) is 0 Å². The van der Waals surface area contributed by atoms with Crippen molar-refractivity contribution in [2.45, 2.75) is 35.6 Å². The van der Waals surface area contributed by atoms with Gasteiger partial charge in [-0.05, 0) is 58.7 Å². The lowest BCUT2D eigenvalue weighted by atomic mass is 9.90. The highest BCUT2D eigenvalue weighted by Crippen LogP contribution is 2.49. The third kappa shape index (κ3) is 3.28.